The van der Waals surface area contributed by atoms with Crippen LogP contribution in [0.4, 0.5) is 14.9 Å². The van der Waals surface area contributed by atoms with Gasteiger partial charge in [-0.15, -0.1) is 0 Å². The Labute approximate surface area is 195 Å². The highest BCUT2D eigenvalue weighted by Gasteiger charge is 2.36. The molecule has 0 saturated carbocycles. The van der Waals surface area contributed by atoms with E-state index >= 15 is 0 Å². The van der Waals surface area contributed by atoms with Crippen molar-refractivity contribution in [2.24, 2.45) is 4.99 Å². The summed E-state index contributed by atoms with van der Waals surface area (Å²) in [5, 5.41) is 15.4. The number of nitrogens with zero attached hydrogens (tertiary/aromatic N) is 4. The van der Waals surface area contributed by atoms with Gasteiger partial charge in [-0.05, 0) is 36.7 Å². The highest BCUT2D eigenvalue weighted by molar-refractivity contribution is 8.13. The quantitative estimate of drug-likeness (QED) is 0.691. The van der Waals surface area contributed by atoms with E-state index < -0.39 is 11.9 Å². The number of halogens is 1. The lowest BCUT2D eigenvalue weighted by atomic mass is 10.1. The van der Waals surface area contributed by atoms with Crippen LogP contribution in [-0.4, -0.2) is 45.5 Å². The van der Waals surface area contributed by atoms with E-state index in [0.29, 0.717) is 24.7 Å². The second kappa shape index (κ2) is 10.0. The zero-order chi connectivity index (χ0) is 23.4. The summed E-state index contributed by atoms with van der Waals surface area (Å²) in [5.74, 6) is -0.0427. The summed E-state index contributed by atoms with van der Waals surface area (Å²) in [5.41, 5.74) is 0.839. The standard InChI is InChI=1S/C23H22FN5O3S/c1-15(22(30)26-13-16-6-3-2-4-7-16)32-20-11-19(18(24)10-17(20)12-25)27-21-8-5-9-28-14-33-23(31)29(21)28/h2-4,6-7,10-11,15H,5,8-9,13-14H2,1H3,(H,26,30). The lowest BCUT2D eigenvalue weighted by molar-refractivity contribution is -0.127. The van der Waals surface area contributed by atoms with Crippen molar-refractivity contribution in [3.63, 3.8) is 0 Å². The number of carbonyl (C=O) groups is 2. The highest BCUT2D eigenvalue weighted by Crippen LogP contribution is 2.33. The van der Waals surface area contributed by atoms with Crippen molar-refractivity contribution >= 4 is 34.4 Å². The topological polar surface area (TPSA) is 98.0 Å². The maximum atomic E-state index is 14.7. The average molecular weight is 468 g/mol. The molecule has 1 atom stereocenters. The first-order valence-corrected chi connectivity index (χ1v) is 11.5. The normalized spacial score (nSPS) is 18.0. The molecule has 2 heterocycles. The number of ether oxygens (including phenoxy) is 1. The van der Waals surface area contributed by atoms with E-state index in [4.69, 9.17) is 4.74 Å². The smallest absolute Gasteiger partial charge is 0.303 e. The fraction of sp³-hybridized carbons (Fsp3) is 0.304. The molecule has 0 bridgehead atoms. The molecule has 10 heteroatoms. The number of hydrogen-bond donors (Lipinski definition) is 1. The van der Waals surface area contributed by atoms with Crippen LogP contribution >= 0.6 is 11.8 Å². The van der Waals surface area contributed by atoms with Crippen LogP contribution in [0.15, 0.2) is 47.5 Å². The molecule has 2 aliphatic rings. The largest absolute Gasteiger partial charge is 0.479 e. The molecule has 0 aromatic heterocycles. The molecule has 2 aliphatic heterocycles. The van der Waals surface area contributed by atoms with Crippen LogP contribution in [0.3, 0.4) is 0 Å². The summed E-state index contributed by atoms with van der Waals surface area (Å²) in [6.07, 6.45) is 0.397. The second-order valence-corrected chi connectivity index (χ2v) is 8.48. The Morgan fingerprint density at radius 1 is 1.36 bits per heavy atom. The number of carbonyl (C=O) groups excluding carboxylic acids is 2. The molecule has 8 nitrogen and oxygen atoms in total. The van der Waals surface area contributed by atoms with Gasteiger partial charge in [0.1, 0.15) is 29.2 Å². The van der Waals surface area contributed by atoms with Crippen LogP contribution in [0.5, 0.6) is 5.75 Å². The van der Waals surface area contributed by atoms with E-state index in [1.165, 1.54) is 22.8 Å². The van der Waals surface area contributed by atoms with E-state index in [-0.39, 0.29) is 28.1 Å². The SMILES string of the molecule is CC(Oc1cc(N=C2CCCN3CSC(=O)N23)c(F)cc1C#N)C(=O)NCc1ccccc1. The highest BCUT2D eigenvalue weighted by atomic mass is 32.2. The number of fused-ring (bicyclic) bond motifs is 1. The van der Waals surface area contributed by atoms with E-state index in [1.807, 2.05) is 41.4 Å². The van der Waals surface area contributed by atoms with Crippen molar-refractivity contribution in [3.05, 3.63) is 59.4 Å². The maximum absolute atomic E-state index is 14.7. The molecule has 4 rings (SSSR count). The van der Waals surface area contributed by atoms with Crippen LogP contribution < -0.4 is 10.1 Å². The van der Waals surface area contributed by atoms with Crippen LogP contribution in [0.1, 0.15) is 30.9 Å². The van der Waals surface area contributed by atoms with E-state index in [9.17, 15) is 19.2 Å². The Bertz CT molecular complexity index is 1130. The van der Waals surface area contributed by atoms with Gasteiger partial charge in [-0.3, -0.25) is 9.59 Å². The number of nitrogens with one attached hydrogen (secondary N) is 1. The summed E-state index contributed by atoms with van der Waals surface area (Å²) in [4.78, 5) is 29.1. The molecule has 2 saturated heterocycles. The fourth-order valence-corrected chi connectivity index (χ4v) is 4.40. The molecule has 0 radical (unpaired) electrons. The Hall–Kier alpha value is -3.42. The third-order valence-electron chi connectivity index (χ3n) is 5.26. The van der Waals surface area contributed by atoms with Gasteiger partial charge in [-0.25, -0.2) is 19.4 Å². The molecule has 2 aromatic carbocycles. The number of thioether (sulfide) groups is 1. The van der Waals surface area contributed by atoms with Crippen LogP contribution in [0, 0.1) is 17.1 Å². The molecule has 0 spiro atoms. The van der Waals surface area contributed by atoms with Gasteiger partial charge in [0.2, 0.25) is 0 Å². The summed E-state index contributed by atoms with van der Waals surface area (Å²) in [6, 6.07) is 13.6. The second-order valence-electron chi connectivity index (χ2n) is 7.59. The lowest BCUT2D eigenvalue weighted by Crippen LogP contribution is -2.47. The first-order valence-electron chi connectivity index (χ1n) is 10.5. The molecular weight excluding hydrogens is 445 g/mol. The monoisotopic (exact) mass is 467 g/mol. The first-order chi connectivity index (χ1) is 16.0. The fourth-order valence-electron chi connectivity index (χ4n) is 3.55. The number of amides is 2. The zero-order valence-electron chi connectivity index (χ0n) is 18.0. The van der Waals surface area contributed by atoms with Gasteiger partial charge in [0.15, 0.2) is 6.10 Å². The number of nitriles is 1. The van der Waals surface area contributed by atoms with Crippen molar-refractivity contribution in [1.29, 1.82) is 5.26 Å². The van der Waals surface area contributed by atoms with Crippen molar-refractivity contribution in [2.45, 2.75) is 32.4 Å². The number of amidine groups is 1. The van der Waals surface area contributed by atoms with Crippen molar-refractivity contribution in [3.8, 4) is 11.8 Å². The van der Waals surface area contributed by atoms with E-state index in [0.717, 1.165) is 24.6 Å². The van der Waals surface area contributed by atoms with Gasteiger partial charge in [0.05, 0.1) is 11.4 Å². The van der Waals surface area contributed by atoms with Crippen molar-refractivity contribution in [2.75, 3.05) is 12.4 Å². The third kappa shape index (κ3) is 5.16. The zero-order valence-corrected chi connectivity index (χ0v) is 18.8. The van der Waals surface area contributed by atoms with Gasteiger partial charge in [0.25, 0.3) is 5.91 Å². The van der Waals surface area contributed by atoms with Crippen LogP contribution in [0.25, 0.3) is 0 Å². The molecular formula is C23H22FN5O3S. The molecule has 2 fully saturated rings. The Kier molecular flexibility index (Phi) is 6.91. The maximum Gasteiger partial charge on any atom is 0.303 e. The third-order valence-corrected chi connectivity index (χ3v) is 6.10. The number of hydrazine groups is 1. The van der Waals surface area contributed by atoms with Gasteiger partial charge >= 0.3 is 5.24 Å². The summed E-state index contributed by atoms with van der Waals surface area (Å²) >= 11 is 1.17. The lowest BCUT2D eigenvalue weighted by Gasteiger charge is -2.32. The molecule has 170 valence electrons. The Morgan fingerprint density at radius 3 is 2.91 bits per heavy atom. The van der Waals surface area contributed by atoms with Crippen LogP contribution in [0.2, 0.25) is 0 Å². The Balaban J connectivity index is 1.52. The molecule has 33 heavy (non-hydrogen) atoms. The minimum Gasteiger partial charge on any atom is -0.479 e. The van der Waals surface area contributed by atoms with E-state index in [1.54, 1.807) is 6.92 Å². The summed E-state index contributed by atoms with van der Waals surface area (Å²) in [6.45, 7) is 2.62. The number of rotatable bonds is 6. The molecule has 1 unspecified atom stereocenters. The molecule has 1 N–H and O–H groups in total. The first kappa shape index (κ1) is 22.8. The minimum atomic E-state index is -0.923. The number of aliphatic imine (C=N–C) groups is 1. The molecule has 0 aliphatic carbocycles. The van der Waals surface area contributed by atoms with Crippen molar-refractivity contribution in [1.82, 2.24) is 15.3 Å². The van der Waals surface area contributed by atoms with Gasteiger partial charge in [0, 0.05) is 25.6 Å². The molecule has 2 aromatic rings. The minimum absolute atomic E-state index is 0.0442. The number of hydrogen-bond acceptors (Lipinski definition) is 7. The number of benzene rings is 2. The predicted molar refractivity (Wildman–Crippen MR) is 122 cm³/mol. The summed E-state index contributed by atoms with van der Waals surface area (Å²) < 4.78 is 20.4. The van der Waals surface area contributed by atoms with Crippen LogP contribution in [-0.2, 0) is 11.3 Å². The summed E-state index contributed by atoms with van der Waals surface area (Å²) in [7, 11) is 0. The Morgan fingerprint density at radius 2 is 2.15 bits per heavy atom. The predicted octanol–water partition coefficient (Wildman–Crippen LogP) is 3.95. The van der Waals surface area contributed by atoms with Crippen molar-refractivity contribution < 1.29 is 18.7 Å². The van der Waals surface area contributed by atoms with Gasteiger partial charge < -0.3 is 10.1 Å². The van der Waals surface area contributed by atoms with E-state index in [2.05, 4.69) is 10.3 Å². The molecule has 2 amide bonds. The van der Waals surface area contributed by atoms with Gasteiger partial charge in [-0.2, -0.15) is 5.26 Å². The van der Waals surface area contributed by atoms with Gasteiger partial charge in [-0.1, -0.05) is 30.3 Å². The average Bonchev–Trinajstić information content (AvgIpc) is 3.21.